The van der Waals surface area contributed by atoms with Crippen molar-refractivity contribution in [2.45, 2.75) is 36.1 Å². The lowest BCUT2D eigenvalue weighted by Gasteiger charge is -2.33. The van der Waals surface area contributed by atoms with E-state index in [0.717, 1.165) is 18.8 Å². The van der Waals surface area contributed by atoms with Crippen LogP contribution < -0.4 is 0 Å². The Labute approximate surface area is 142 Å². The third-order valence-corrected chi connectivity index (χ3v) is 6.47. The number of sulfonamides is 1. The summed E-state index contributed by atoms with van der Waals surface area (Å²) in [7, 11) is -4.44. The van der Waals surface area contributed by atoms with Crippen LogP contribution in [0.5, 0.6) is 0 Å². The van der Waals surface area contributed by atoms with Crippen LogP contribution in [0.4, 0.5) is 13.2 Å². The maximum atomic E-state index is 13.8. The van der Waals surface area contributed by atoms with Crippen LogP contribution in [0.1, 0.15) is 18.2 Å². The monoisotopic (exact) mass is 375 g/mol. The normalized spacial score (nSPS) is 26.2. The van der Waals surface area contributed by atoms with Gasteiger partial charge in [0, 0.05) is 6.54 Å². The van der Waals surface area contributed by atoms with Crippen LogP contribution in [0.3, 0.4) is 0 Å². The number of hydrogen-bond donors (Lipinski definition) is 1. The van der Waals surface area contributed by atoms with E-state index in [9.17, 15) is 26.7 Å². The number of aryl methyl sites for hydroxylation is 1. The zero-order chi connectivity index (χ0) is 18.7. The van der Waals surface area contributed by atoms with Crippen molar-refractivity contribution in [3.05, 3.63) is 54.0 Å². The van der Waals surface area contributed by atoms with E-state index in [0.29, 0.717) is 0 Å². The molecule has 3 rings (SSSR count). The van der Waals surface area contributed by atoms with Crippen molar-refractivity contribution in [1.82, 2.24) is 4.31 Å². The third-order valence-electron chi connectivity index (χ3n) is 4.58. The molecule has 1 aliphatic rings. The molecule has 1 aromatic heterocycles. The first-order valence-electron chi connectivity index (χ1n) is 7.37. The quantitative estimate of drug-likeness (QED) is 0.835. The van der Waals surface area contributed by atoms with Gasteiger partial charge >= 0.3 is 6.18 Å². The van der Waals surface area contributed by atoms with Gasteiger partial charge in [0.1, 0.15) is 11.4 Å². The number of nitrogens with zero attached hydrogens (tertiary/aromatic N) is 1. The minimum Gasteiger partial charge on any atom is -0.466 e. The molecule has 136 valence electrons. The Hall–Kier alpha value is -1.84. The average molecular weight is 375 g/mol. The first-order valence-corrected chi connectivity index (χ1v) is 8.81. The minimum atomic E-state index is -5.00. The van der Waals surface area contributed by atoms with Crippen LogP contribution in [0.15, 0.2) is 52.0 Å². The fourth-order valence-corrected chi connectivity index (χ4v) is 4.75. The highest BCUT2D eigenvalue weighted by Gasteiger charge is 2.82. The minimum absolute atomic E-state index is 0.264. The zero-order valence-electron chi connectivity index (χ0n) is 13.4. The van der Waals surface area contributed by atoms with Gasteiger partial charge in [-0.05, 0) is 38.1 Å². The van der Waals surface area contributed by atoms with E-state index in [4.69, 9.17) is 4.42 Å². The molecule has 1 N–H and O–H groups in total. The van der Waals surface area contributed by atoms with Gasteiger partial charge in [0.25, 0.3) is 0 Å². The topological polar surface area (TPSA) is 70.5 Å². The molecule has 9 heteroatoms. The van der Waals surface area contributed by atoms with Crippen molar-refractivity contribution in [3.8, 4) is 0 Å². The second-order valence-corrected chi connectivity index (χ2v) is 8.09. The maximum Gasteiger partial charge on any atom is 0.412 e. The van der Waals surface area contributed by atoms with E-state index in [1.54, 1.807) is 6.92 Å². The van der Waals surface area contributed by atoms with E-state index in [1.807, 2.05) is 0 Å². The number of alkyl halides is 3. The molecule has 1 aromatic carbocycles. The second kappa shape index (κ2) is 5.33. The van der Waals surface area contributed by atoms with Crippen molar-refractivity contribution in [1.29, 1.82) is 0 Å². The van der Waals surface area contributed by atoms with E-state index < -0.39 is 33.9 Å². The first kappa shape index (κ1) is 18.0. The molecule has 0 spiro atoms. The van der Waals surface area contributed by atoms with Gasteiger partial charge < -0.3 is 9.52 Å². The SMILES string of the molecule is Cc1ccc(S(=O)(=O)N2C[C@@]2(C(F)(F)F)C(C)(O)c2ccco2)cc1. The van der Waals surface area contributed by atoms with E-state index in [2.05, 4.69) is 0 Å². The number of rotatable bonds is 4. The molecule has 1 saturated heterocycles. The van der Waals surface area contributed by atoms with E-state index in [-0.39, 0.29) is 15.0 Å². The highest BCUT2D eigenvalue weighted by Crippen LogP contribution is 2.59. The standard InChI is InChI=1S/C16H16F3NO4S/c1-11-5-7-12(8-6-11)25(22,23)20-10-15(20,16(17,18)19)14(2,21)13-4-3-9-24-13/h3-9,21H,10H2,1-2H3/t14?,15-,20?/m0/s1. The van der Waals surface area contributed by atoms with Gasteiger partial charge in [-0.3, -0.25) is 0 Å². The second-order valence-electron chi connectivity index (χ2n) is 6.23. The fourth-order valence-electron chi connectivity index (χ4n) is 2.96. The molecule has 2 unspecified atom stereocenters. The number of halogens is 3. The molecule has 2 aromatic rings. The smallest absolute Gasteiger partial charge is 0.412 e. The summed E-state index contributed by atoms with van der Waals surface area (Å²) in [6.07, 6.45) is -3.88. The Balaban J connectivity index is 2.09. The number of aliphatic hydroxyl groups is 1. The van der Waals surface area contributed by atoms with Gasteiger partial charge in [0.05, 0.1) is 11.2 Å². The van der Waals surface area contributed by atoms with Gasteiger partial charge in [-0.2, -0.15) is 17.5 Å². The van der Waals surface area contributed by atoms with Crippen molar-refractivity contribution in [2.24, 2.45) is 0 Å². The Morgan fingerprint density at radius 3 is 2.28 bits per heavy atom. The molecule has 5 nitrogen and oxygen atoms in total. The first-order chi connectivity index (χ1) is 11.4. The highest BCUT2D eigenvalue weighted by molar-refractivity contribution is 7.89. The van der Waals surface area contributed by atoms with Crippen molar-refractivity contribution < 1.29 is 31.1 Å². The molecule has 1 aliphatic heterocycles. The molecular weight excluding hydrogens is 359 g/mol. The van der Waals surface area contributed by atoms with Gasteiger partial charge in [-0.15, -0.1) is 0 Å². The molecule has 0 aliphatic carbocycles. The van der Waals surface area contributed by atoms with Crippen LogP contribution in [0.25, 0.3) is 0 Å². The van der Waals surface area contributed by atoms with Crippen molar-refractivity contribution in [3.63, 3.8) is 0 Å². The van der Waals surface area contributed by atoms with E-state index >= 15 is 0 Å². The summed E-state index contributed by atoms with van der Waals surface area (Å²) < 4.78 is 72.0. The number of hydrogen-bond acceptors (Lipinski definition) is 4. The summed E-state index contributed by atoms with van der Waals surface area (Å²) in [4.78, 5) is -0.264. The van der Waals surface area contributed by atoms with Gasteiger partial charge in [-0.25, -0.2) is 8.42 Å². The van der Waals surface area contributed by atoms with Gasteiger partial charge in [0.15, 0.2) is 5.54 Å². The largest absolute Gasteiger partial charge is 0.466 e. The summed E-state index contributed by atoms with van der Waals surface area (Å²) in [6.45, 7) is 1.75. The number of furan rings is 1. The molecule has 0 bridgehead atoms. The Bertz CT molecular complexity index is 873. The molecule has 0 amide bonds. The molecule has 0 radical (unpaired) electrons. The van der Waals surface area contributed by atoms with Crippen LogP contribution in [0.2, 0.25) is 0 Å². The predicted molar refractivity (Wildman–Crippen MR) is 82.1 cm³/mol. The fraction of sp³-hybridized carbons (Fsp3) is 0.375. The Kier molecular flexibility index (Phi) is 3.83. The lowest BCUT2D eigenvalue weighted by Crippen LogP contribution is -2.54. The molecule has 1 fully saturated rings. The Morgan fingerprint density at radius 1 is 1.20 bits per heavy atom. The zero-order valence-corrected chi connectivity index (χ0v) is 14.2. The van der Waals surface area contributed by atoms with Crippen LogP contribution in [0, 0.1) is 6.92 Å². The van der Waals surface area contributed by atoms with Gasteiger partial charge in [-0.1, -0.05) is 17.7 Å². The Morgan fingerprint density at radius 2 is 1.80 bits per heavy atom. The van der Waals surface area contributed by atoms with E-state index in [1.165, 1.54) is 36.4 Å². The lowest BCUT2D eigenvalue weighted by atomic mass is 9.86. The summed E-state index contributed by atoms with van der Waals surface area (Å²) in [5.41, 5.74) is -4.79. The maximum absolute atomic E-state index is 13.8. The number of benzene rings is 1. The third kappa shape index (κ3) is 2.49. The molecule has 3 atom stereocenters. The molecule has 2 heterocycles. The lowest BCUT2D eigenvalue weighted by molar-refractivity contribution is -0.218. The van der Waals surface area contributed by atoms with Crippen molar-refractivity contribution in [2.75, 3.05) is 6.54 Å². The van der Waals surface area contributed by atoms with Crippen LogP contribution in [-0.2, 0) is 15.6 Å². The van der Waals surface area contributed by atoms with Gasteiger partial charge in [0.2, 0.25) is 10.0 Å². The molecule has 25 heavy (non-hydrogen) atoms. The summed E-state index contributed by atoms with van der Waals surface area (Å²) in [6, 6.07) is 7.99. The van der Waals surface area contributed by atoms with Crippen LogP contribution in [-0.4, -0.2) is 36.1 Å². The molecular formula is C16H16F3NO4S. The molecule has 0 saturated carbocycles. The van der Waals surface area contributed by atoms with Crippen LogP contribution >= 0.6 is 0 Å². The highest BCUT2D eigenvalue weighted by atomic mass is 32.2. The summed E-state index contributed by atoms with van der Waals surface area (Å²) in [5.74, 6) is -0.355. The summed E-state index contributed by atoms with van der Waals surface area (Å²) >= 11 is 0. The average Bonchev–Trinajstić information content (AvgIpc) is 3.09. The van der Waals surface area contributed by atoms with Crippen molar-refractivity contribution >= 4 is 10.0 Å². The summed E-state index contributed by atoms with van der Waals surface area (Å²) in [5, 5.41) is 10.6. The predicted octanol–water partition coefficient (Wildman–Crippen LogP) is 2.80.